The van der Waals surface area contributed by atoms with Gasteiger partial charge in [0.05, 0.1) is 12.3 Å². The van der Waals surface area contributed by atoms with E-state index in [0.717, 1.165) is 11.3 Å². The van der Waals surface area contributed by atoms with E-state index in [0.29, 0.717) is 25.3 Å². The van der Waals surface area contributed by atoms with Crippen molar-refractivity contribution >= 4 is 5.91 Å². The summed E-state index contributed by atoms with van der Waals surface area (Å²) < 4.78 is 6.70. The molecule has 0 atom stereocenters. The van der Waals surface area contributed by atoms with E-state index < -0.39 is 0 Å². The second-order valence-electron chi connectivity index (χ2n) is 5.82. The van der Waals surface area contributed by atoms with E-state index in [2.05, 4.69) is 15.4 Å². The maximum atomic E-state index is 12.1. The number of amides is 1. The van der Waals surface area contributed by atoms with E-state index >= 15 is 0 Å². The Morgan fingerprint density at radius 2 is 1.81 bits per heavy atom. The van der Waals surface area contributed by atoms with Gasteiger partial charge in [0.2, 0.25) is 5.91 Å². The highest BCUT2D eigenvalue weighted by molar-refractivity contribution is 5.75. The van der Waals surface area contributed by atoms with Crippen LogP contribution >= 0.6 is 0 Å². The first-order valence-electron chi connectivity index (χ1n) is 8.65. The van der Waals surface area contributed by atoms with Gasteiger partial charge in [-0.3, -0.25) is 14.6 Å². The summed E-state index contributed by atoms with van der Waals surface area (Å²) in [5.41, 5.74) is 1.22. The largest absolute Gasteiger partial charge is 0.493 e. The Morgan fingerprint density at radius 1 is 1.04 bits per heavy atom. The van der Waals surface area contributed by atoms with Gasteiger partial charge in [0, 0.05) is 30.6 Å². The molecule has 3 aromatic rings. The smallest absolute Gasteiger partial charge is 0.267 e. The van der Waals surface area contributed by atoms with Crippen molar-refractivity contribution in [3.8, 4) is 17.0 Å². The normalized spacial score (nSPS) is 10.4. The molecule has 0 aliphatic rings. The van der Waals surface area contributed by atoms with Crippen LogP contribution in [0.5, 0.6) is 5.75 Å². The molecule has 7 heteroatoms. The first kappa shape index (κ1) is 18.3. The van der Waals surface area contributed by atoms with Crippen LogP contribution in [0.1, 0.15) is 6.42 Å². The SMILES string of the molecule is O=C(Cn1nc(-c2ccccc2)ccc1=O)NCCCOc1ccncc1. The zero-order valence-electron chi connectivity index (χ0n) is 14.7. The van der Waals surface area contributed by atoms with E-state index in [-0.39, 0.29) is 18.0 Å². The molecule has 2 aromatic heterocycles. The molecule has 7 nitrogen and oxygen atoms in total. The second-order valence-corrected chi connectivity index (χ2v) is 5.82. The summed E-state index contributed by atoms with van der Waals surface area (Å²) in [5.74, 6) is 0.475. The second kappa shape index (κ2) is 9.28. The molecule has 1 N–H and O–H groups in total. The van der Waals surface area contributed by atoms with Gasteiger partial charge in [0.15, 0.2) is 0 Å². The minimum absolute atomic E-state index is 0.120. The Hall–Kier alpha value is -3.48. The van der Waals surface area contributed by atoms with Crippen molar-refractivity contribution in [1.29, 1.82) is 0 Å². The maximum Gasteiger partial charge on any atom is 0.267 e. The number of nitrogens with zero attached hydrogens (tertiary/aromatic N) is 3. The van der Waals surface area contributed by atoms with E-state index in [1.165, 1.54) is 10.7 Å². The number of carbonyl (C=O) groups is 1. The number of nitrogens with one attached hydrogen (secondary N) is 1. The molecule has 0 aliphatic heterocycles. The van der Waals surface area contributed by atoms with Crippen molar-refractivity contribution in [2.45, 2.75) is 13.0 Å². The molecule has 1 amide bonds. The van der Waals surface area contributed by atoms with Crippen LogP contribution in [0.25, 0.3) is 11.3 Å². The molecule has 0 spiro atoms. The molecule has 0 fully saturated rings. The Labute approximate surface area is 156 Å². The summed E-state index contributed by atoms with van der Waals surface area (Å²) in [6.45, 7) is 0.813. The topological polar surface area (TPSA) is 86.1 Å². The maximum absolute atomic E-state index is 12.1. The Balaban J connectivity index is 1.48. The van der Waals surface area contributed by atoms with Crippen molar-refractivity contribution in [2.24, 2.45) is 0 Å². The van der Waals surface area contributed by atoms with Crippen LogP contribution in [0.2, 0.25) is 0 Å². The number of hydrogen-bond acceptors (Lipinski definition) is 5. The fourth-order valence-electron chi connectivity index (χ4n) is 2.44. The molecule has 0 radical (unpaired) electrons. The standard InChI is InChI=1S/C20H20N4O3/c25-19(22-11-4-14-27-17-9-12-21-13-10-17)15-24-20(26)8-7-18(23-24)16-5-2-1-3-6-16/h1-3,5-10,12-13H,4,11,14-15H2,(H,22,25). The highest BCUT2D eigenvalue weighted by atomic mass is 16.5. The molecule has 3 rings (SSSR count). The van der Waals surface area contributed by atoms with Crippen molar-refractivity contribution in [3.05, 3.63) is 77.3 Å². The van der Waals surface area contributed by atoms with Crippen molar-refractivity contribution < 1.29 is 9.53 Å². The van der Waals surface area contributed by atoms with Gasteiger partial charge in [-0.05, 0) is 24.6 Å². The number of rotatable bonds is 8. The van der Waals surface area contributed by atoms with Gasteiger partial charge in [-0.25, -0.2) is 4.68 Å². The fraction of sp³-hybridized carbons (Fsp3) is 0.200. The molecule has 2 heterocycles. The summed E-state index contributed by atoms with van der Waals surface area (Å²) in [6.07, 6.45) is 3.97. The average Bonchev–Trinajstić information content (AvgIpc) is 2.71. The Bertz CT molecular complexity index is 927. The minimum Gasteiger partial charge on any atom is -0.493 e. The van der Waals surface area contributed by atoms with Gasteiger partial charge in [0.25, 0.3) is 5.56 Å². The van der Waals surface area contributed by atoms with Crippen LogP contribution in [0.4, 0.5) is 0 Å². The van der Waals surface area contributed by atoms with E-state index in [1.807, 2.05) is 30.3 Å². The van der Waals surface area contributed by atoms with Gasteiger partial charge in [0.1, 0.15) is 12.3 Å². The molecule has 0 bridgehead atoms. The summed E-state index contributed by atoms with van der Waals surface area (Å²) in [7, 11) is 0. The summed E-state index contributed by atoms with van der Waals surface area (Å²) >= 11 is 0. The van der Waals surface area contributed by atoms with Gasteiger partial charge in [-0.2, -0.15) is 5.10 Å². The highest BCUT2D eigenvalue weighted by Gasteiger charge is 2.07. The summed E-state index contributed by atoms with van der Waals surface area (Å²) in [5, 5.41) is 7.05. The predicted molar refractivity (Wildman–Crippen MR) is 101 cm³/mol. The lowest BCUT2D eigenvalue weighted by Crippen LogP contribution is -2.34. The van der Waals surface area contributed by atoms with Crippen LogP contribution in [0, 0.1) is 0 Å². The van der Waals surface area contributed by atoms with Crippen LogP contribution in [-0.2, 0) is 11.3 Å². The van der Waals surface area contributed by atoms with Crippen LogP contribution in [0.3, 0.4) is 0 Å². The van der Waals surface area contributed by atoms with Gasteiger partial charge in [-0.15, -0.1) is 0 Å². The van der Waals surface area contributed by atoms with Crippen molar-refractivity contribution in [3.63, 3.8) is 0 Å². The molecule has 1 aromatic carbocycles. The molecule has 0 saturated heterocycles. The van der Waals surface area contributed by atoms with Gasteiger partial charge < -0.3 is 10.1 Å². The monoisotopic (exact) mass is 364 g/mol. The van der Waals surface area contributed by atoms with E-state index in [1.54, 1.807) is 30.6 Å². The fourth-order valence-corrected chi connectivity index (χ4v) is 2.44. The molecule has 0 saturated carbocycles. The zero-order chi connectivity index (χ0) is 18.9. The number of carbonyl (C=O) groups excluding carboxylic acids is 1. The number of hydrogen-bond donors (Lipinski definition) is 1. The summed E-state index contributed by atoms with van der Waals surface area (Å²) in [4.78, 5) is 28.0. The van der Waals surface area contributed by atoms with Gasteiger partial charge >= 0.3 is 0 Å². The van der Waals surface area contributed by atoms with Gasteiger partial charge in [-0.1, -0.05) is 30.3 Å². The Kier molecular flexibility index (Phi) is 6.30. The lowest BCUT2D eigenvalue weighted by Gasteiger charge is -2.09. The van der Waals surface area contributed by atoms with Crippen LogP contribution < -0.4 is 15.6 Å². The minimum atomic E-state index is -0.314. The number of ether oxygens (including phenoxy) is 1. The molecular formula is C20H20N4O3. The number of pyridine rings is 1. The lowest BCUT2D eigenvalue weighted by molar-refractivity contribution is -0.121. The third-order valence-electron chi connectivity index (χ3n) is 3.79. The molecular weight excluding hydrogens is 344 g/mol. The third kappa shape index (κ3) is 5.50. The van der Waals surface area contributed by atoms with Crippen LogP contribution in [-0.4, -0.2) is 33.8 Å². The third-order valence-corrected chi connectivity index (χ3v) is 3.79. The number of benzene rings is 1. The Morgan fingerprint density at radius 3 is 2.59 bits per heavy atom. The molecule has 0 unspecified atom stereocenters. The molecule has 27 heavy (non-hydrogen) atoms. The van der Waals surface area contributed by atoms with E-state index in [9.17, 15) is 9.59 Å². The van der Waals surface area contributed by atoms with Crippen molar-refractivity contribution in [2.75, 3.05) is 13.2 Å². The molecule has 138 valence electrons. The number of aromatic nitrogens is 3. The first-order chi connectivity index (χ1) is 13.2. The van der Waals surface area contributed by atoms with E-state index in [4.69, 9.17) is 4.74 Å². The highest BCUT2D eigenvalue weighted by Crippen LogP contribution is 2.13. The first-order valence-corrected chi connectivity index (χ1v) is 8.65. The van der Waals surface area contributed by atoms with Crippen molar-refractivity contribution in [1.82, 2.24) is 20.1 Å². The summed E-state index contributed by atoms with van der Waals surface area (Å²) in [6, 6.07) is 16.1. The molecule has 0 aliphatic carbocycles. The predicted octanol–water partition coefficient (Wildman–Crippen LogP) is 1.89. The van der Waals surface area contributed by atoms with Crippen LogP contribution in [0.15, 0.2) is 71.8 Å². The quantitative estimate of drug-likeness (QED) is 0.617. The zero-order valence-corrected chi connectivity index (χ0v) is 14.7. The average molecular weight is 364 g/mol. The lowest BCUT2D eigenvalue weighted by atomic mass is 10.1.